The van der Waals surface area contributed by atoms with Crippen LogP contribution in [0.5, 0.6) is 0 Å². The third kappa shape index (κ3) is 5.17. The lowest BCUT2D eigenvalue weighted by Crippen LogP contribution is -2.37. The topological polar surface area (TPSA) is 41.1 Å². The Morgan fingerprint density at radius 2 is 2.07 bits per heavy atom. The zero-order valence-corrected chi connectivity index (χ0v) is 10.0. The number of nitrogens with one attached hydrogen (secondary N) is 2. The summed E-state index contributed by atoms with van der Waals surface area (Å²) in [6, 6.07) is 0.618. The largest absolute Gasteiger partial charge is 0.355 e. The molecular formula is C12H24N2O. The summed E-state index contributed by atoms with van der Waals surface area (Å²) in [6.07, 6.45) is 5.80. The van der Waals surface area contributed by atoms with E-state index in [1.54, 1.807) is 0 Å². The maximum atomic E-state index is 11.3. The molecule has 0 radical (unpaired) electrons. The molecule has 0 spiro atoms. The van der Waals surface area contributed by atoms with Gasteiger partial charge in [-0.15, -0.1) is 0 Å². The van der Waals surface area contributed by atoms with Gasteiger partial charge in [0.25, 0.3) is 0 Å². The quantitative estimate of drug-likeness (QED) is 0.601. The summed E-state index contributed by atoms with van der Waals surface area (Å²) in [5.74, 6) is 0.586. The molecule has 3 heteroatoms. The Hall–Kier alpha value is -0.570. The van der Waals surface area contributed by atoms with E-state index in [4.69, 9.17) is 0 Å². The second-order valence-corrected chi connectivity index (χ2v) is 4.41. The van der Waals surface area contributed by atoms with Crippen molar-refractivity contribution in [1.29, 1.82) is 0 Å². The van der Waals surface area contributed by atoms with Gasteiger partial charge in [0.15, 0.2) is 0 Å². The van der Waals surface area contributed by atoms with Crippen molar-refractivity contribution in [3.8, 4) is 0 Å². The normalized spacial score (nSPS) is 17.5. The summed E-state index contributed by atoms with van der Waals surface area (Å²) in [5, 5.41) is 6.44. The molecule has 1 saturated carbocycles. The first-order chi connectivity index (χ1) is 7.27. The van der Waals surface area contributed by atoms with Crippen LogP contribution in [0.1, 0.15) is 46.0 Å². The third-order valence-electron chi connectivity index (χ3n) is 2.94. The molecule has 0 aliphatic heterocycles. The molecule has 1 amide bonds. The molecule has 15 heavy (non-hydrogen) atoms. The van der Waals surface area contributed by atoms with E-state index >= 15 is 0 Å². The van der Waals surface area contributed by atoms with E-state index in [9.17, 15) is 4.79 Å². The fourth-order valence-electron chi connectivity index (χ4n) is 1.75. The fraction of sp³-hybridized carbons (Fsp3) is 0.917. The summed E-state index contributed by atoms with van der Waals surface area (Å²) in [7, 11) is 0. The van der Waals surface area contributed by atoms with Crippen molar-refractivity contribution in [2.75, 3.05) is 13.1 Å². The average molecular weight is 212 g/mol. The summed E-state index contributed by atoms with van der Waals surface area (Å²) >= 11 is 0. The monoisotopic (exact) mass is 212 g/mol. The summed E-state index contributed by atoms with van der Waals surface area (Å²) in [4.78, 5) is 11.3. The van der Waals surface area contributed by atoms with Crippen LogP contribution in [0.3, 0.4) is 0 Å². The van der Waals surface area contributed by atoms with E-state index in [-0.39, 0.29) is 5.91 Å². The van der Waals surface area contributed by atoms with Crippen molar-refractivity contribution < 1.29 is 4.79 Å². The highest BCUT2D eigenvalue weighted by molar-refractivity contribution is 5.80. The molecule has 0 bridgehead atoms. The van der Waals surface area contributed by atoms with Gasteiger partial charge in [-0.2, -0.15) is 0 Å². The Morgan fingerprint density at radius 1 is 1.33 bits per heavy atom. The predicted octanol–water partition coefficient (Wildman–Crippen LogP) is 1.68. The Balaban J connectivity index is 1.96. The van der Waals surface area contributed by atoms with E-state index in [1.807, 2.05) is 0 Å². The number of hydrogen-bond acceptors (Lipinski definition) is 2. The maximum absolute atomic E-state index is 11.3. The van der Waals surface area contributed by atoms with Crippen LogP contribution in [0.4, 0.5) is 0 Å². The smallest absolute Gasteiger partial charge is 0.223 e. The van der Waals surface area contributed by atoms with Crippen molar-refractivity contribution in [3.05, 3.63) is 0 Å². The van der Waals surface area contributed by atoms with Crippen LogP contribution in [0.15, 0.2) is 0 Å². The molecule has 0 heterocycles. The van der Waals surface area contributed by atoms with Crippen LogP contribution in [0.2, 0.25) is 0 Å². The van der Waals surface area contributed by atoms with Crippen LogP contribution in [-0.4, -0.2) is 25.0 Å². The first kappa shape index (κ1) is 12.5. The van der Waals surface area contributed by atoms with Gasteiger partial charge in [-0.3, -0.25) is 4.79 Å². The lowest BCUT2D eigenvalue weighted by atomic mass is 10.1. The van der Waals surface area contributed by atoms with E-state index in [1.165, 1.54) is 19.3 Å². The van der Waals surface area contributed by atoms with Crippen LogP contribution in [0.25, 0.3) is 0 Å². The summed E-state index contributed by atoms with van der Waals surface area (Å²) in [6.45, 7) is 6.09. The molecule has 1 aliphatic carbocycles. The van der Waals surface area contributed by atoms with Crippen LogP contribution in [0, 0.1) is 5.92 Å². The van der Waals surface area contributed by atoms with Crippen molar-refractivity contribution in [2.45, 2.75) is 52.0 Å². The molecule has 0 aromatic carbocycles. The third-order valence-corrected chi connectivity index (χ3v) is 2.94. The Labute approximate surface area is 93.0 Å². The molecule has 1 unspecified atom stereocenters. The van der Waals surface area contributed by atoms with Crippen molar-refractivity contribution >= 4 is 5.91 Å². The van der Waals surface area contributed by atoms with Crippen molar-refractivity contribution in [1.82, 2.24) is 10.6 Å². The first-order valence-electron chi connectivity index (χ1n) is 6.29. The molecule has 0 aromatic heterocycles. The highest BCUT2D eigenvalue weighted by Gasteiger charge is 2.28. The van der Waals surface area contributed by atoms with Gasteiger partial charge in [0.05, 0.1) is 0 Å². The molecule has 0 saturated heterocycles. The van der Waals surface area contributed by atoms with Gasteiger partial charge in [0.1, 0.15) is 0 Å². The second kappa shape index (κ2) is 6.83. The number of carbonyl (C=O) groups is 1. The summed E-state index contributed by atoms with van der Waals surface area (Å²) in [5.41, 5.74) is 0. The van der Waals surface area contributed by atoms with Gasteiger partial charge in [-0.25, -0.2) is 0 Å². The number of carbonyl (C=O) groups excluding carboxylic acids is 1. The van der Waals surface area contributed by atoms with E-state index in [2.05, 4.69) is 24.5 Å². The summed E-state index contributed by atoms with van der Waals surface area (Å²) < 4.78 is 0. The van der Waals surface area contributed by atoms with Gasteiger partial charge >= 0.3 is 0 Å². The van der Waals surface area contributed by atoms with Crippen LogP contribution < -0.4 is 10.6 Å². The molecular weight excluding hydrogens is 188 g/mol. The average Bonchev–Trinajstić information content (AvgIpc) is 3.05. The van der Waals surface area contributed by atoms with E-state index in [0.29, 0.717) is 12.0 Å². The molecule has 0 aromatic rings. The number of rotatable bonds is 8. The lowest BCUT2D eigenvalue weighted by Gasteiger charge is -2.16. The zero-order chi connectivity index (χ0) is 11.1. The molecule has 2 N–H and O–H groups in total. The SMILES string of the molecule is CCCC(CC)NCCNC(=O)C1CC1. The minimum Gasteiger partial charge on any atom is -0.355 e. The van der Waals surface area contributed by atoms with Crippen molar-refractivity contribution in [2.24, 2.45) is 5.92 Å². The van der Waals surface area contributed by atoms with Gasteiger partial charge in [0, 0.05) is 25.0 Å². The van der Waals surface area contributed by atoms with Gasteiger partial charge in [-0.05, 0) is 25.7 Å². The zero-order valence-electron chi connectivity index (χ0n) is 10.0. The molecule has 1 aliphatic rings. The van der Waals surface area contributed by atoms with E-state index in [0.717, 1.165) is 25.9 Å². The highest BCUT2D eigenvalue weighted by Crippen LogP contribution is 2.28. The van der Waals surface area contributed by atoms with Crippen LogP contribution in [-0.2, 0) is 4.79 Å². The van der Waals surface area contributed by atoms with E-state index < -0.39 is 0 Å². The Morgan fingerprint density at radius 3 is 2.60 bits per heavy atom. The van der Waals surface area contributed by atoms with Gasteiger partial charge in [-0.1, -0.05) is 20.3 Å². The van der Waals surface area contributed by atoms with Gasteiger partial charge in [0.2, 0.25) is 5.91 Å². The fourth-order valence-corrected chi connectivity index (χ4v) is 1.75. The van der Waals surface area contributed by atoms with Crippen molar-refractivity contribution in [3.63, 3.8) is 0 Å². The Bertz CT molecular complexity index is 190. The molecule has 3 nitrogen and oxygen atoms in total. The molecule has 88 valence electrons. The minimum atomic E-state index is 0.250. The maximum Gasteiger partial charge on any atom is 0.223 e. The molecule has 1 atom stereocenters. The first-order valence-corrected chi connectivity index (χ1v) is 6.29. The predicted molar refractivity (Wildman–Crippen MR) is 62.7 cm³/mol. The second-order valence-electron chi connectivity index (χ2n) is 4.41. The van der Waals surface area contributed by atoms with Crippen LogP contribution >= 0.6 is 0 Å². The minimum absolute atomic E-state index is 0.250. The standard InChI is InChI=1S/C12H24N2O/c1-3-5-11(4-2)13-8-9-14-12(15)10-6-7-10/h10-11,13H,3-9H2,1-2H3,(H,14,15). The lowest BCUT2D eigenvalue weighted by molar-refractivity contribution is -0.122. The highest BCUT2D eigenvalue weighted by atomic mass is 16.2. The number of amides is 1. The van der Waals surface area contributed by atoms with Gasteiger partial charge < -0.3 is 10.6 Å². The molecule has 1 rings (SSSR count). The Kier molecular flexibility index (Phi) is 5.69. The molecule has 1 fully saturated rings. The number of hydrogen-bond donors (Lipinski definition) is 2.